The molecule has 3 rings (SSSR count). The van der Waals surface area contributed by atoms with E-state index < -0.39 is 17.0 Å². The van der Waals surface area contributed by atoms with Crippen molar-refractivity contribution in [3.05, 3.63) is 58.0 Å². The second kappa shape index (κ2) is 12.9. The molecule has 2 heterocycles. The molecule has 1 fully saturated rings. The van der Waals surface area contributed by atoms with E-state index in [2.05, 4.69) is 6.07 Å². The van der Waals surface area contributed by atoms with Crippen molar-refractivity contribution in [3.63, 3.8) is 0 Å². The van der Waals surface area contributed by atoms with Crippen molar-refractivity contribution in [2.45, 2.75) is 30.1 Å². The number of thiophene rings is 1. The lowest BCUT2D eigenvalue weighted by atomic mass is 10.1. The first-order chi connectivity index (χ1) is 17.3. The molecule has 11 heteroatoms. The number of aldehydes is 1. The Labute approximate surface area is 222 Å². The minimum absolute atomic E-state index is 0.0484. The van der Waals surface area contributed by atoms with Crippen molar-refractivity contribution in [1.82, 2.24) is 14.1 Å². The molecule has 36 heavy (non-hydrogen) atoms. The number of rotatable bonds is 10. The van der Waals surface area contributed by atoms with Gasteiger partial charge in [0.05, 0.1) is 19.0 Å². The molecule has 8 nitrogen and oxygen atoms in total. The monoisotopic (exact) mass is 545 g/mol. The Morgan fingerprint density at radius 2 is 2.11 bits per heavy atom. The van der Waals surface area contributed by atoms with Crippen LogP contribution in [0.15, 0.2) is 40.6 Å². The molecule has 1 aliphatic heterocycles. The SMILES string of the molecule is Cc1sc(S(=O)N2CC(=O)N(Cc3ccc(C(=N)N(C)CCC#N)cc3)C(C=O)C2)cc1/C=C\CCl. The number of hydrogen-bond donors (Lipinski definition) is 1. The van der Waals surface area contributed by atoms with Gasteiger partial charge in [0.15, 0.2) is 0 Å². The number of carbonyl (C=O) groups is 2. The fourth-order valence-corrected chi connectivity index (χ4v) is 6.58. The average Bonchev–Trinajstić information content (AvgIpc) is 3.26. The maximum absolute atomic E-state index is 13.2. The third-order valence-corrected chi connectivity index (χ3v) is 8.75. The van der Waals surface area contributed by atoms with Crippen LogP contribution >= 0.6 is 22.9 Å². The fraction of sp³-hybridized carbons (Fsp3) is 0.360. The van der Waals surface area contributed by atoms with E-state index in [1.165, 1.54) is 16.2 Å². The predicted octanol–water partition coefficient (Wildman–Crippen LogP) is 3.41. The number of amides is 1. The fourth-order valence-electron chi connectivity index (χ4n) is 3.78. The second-order valence-corrected chi connectivity index (χ2v) is 11.6. The van der Waals surface area contributed by atoms with Gasteiger partial charge in [0, 0.05) is 43.0 Å². The molecule has 1 amide bonds. The highest BCUT2D eigenvalue weighted by atomic mass is 35.5. The van der Waals surface area contributed by atoms with Crippen LogP contribution in [0.4, 0.5) is 0 Å². The van der Waals surface area contributed by atoms with Crippen LogP contribution in [0.2, 0.25) is 0 Å². The van der Waals surface area contributed by atoms with Crippen LogP contribution in [0, 0.1) is 23.7 Å². The number of hydrogen-bond acceptors (Lipinski definition) is 6. The first-order valence-corrected chi connectivity index (χ1v) is 13.7. The Kier molecular flexibility index (Phi) is 9.96. The van der Waals surface area contributed by atoms with Crippen LogP contribution in [0.1, 0.15) is 28.0 Å². The largest absolute Gasteiger partial charge is 0.359 e. The molecule has 0 radical (unpaired) electrons. The second-order valence-electron chi connectivity index (χ2n) is 8.31. The summed E-state index contributed by atoms with van der Waals surface area (Å²) in [7, 11) is 0.209. The van der Waals surface area contributed by atoms with Crippen molar-refractivity contribution in [1.29, 1.82) is 10.7 Å². The van der Waals surface area contributed by atoms with Gasteiger partial charge in [-0.05, 0) is 24.1 Å². The number of halogens is 1. The number of allylic oxidation sites excluding steroid dienone is 1. The van der Waals surface area contributed by atoms with Gasteiger partial charge >= 0.3 is 0 Å². The van der Waals surface area contributed by atoms with Gasteiger partial charge in [-0.15, -0.1) is 22.9 Å². The molecular weight excluding hydrogens is 518 g/mol. The van der Waals surface area contributed by atoms with Gasteiger partial charge in [0.2, 0.25) is 5.91 Å². The van der Waals surface area contributed by atoms with E-state index in [9.17, 15) is 13.8 Å². The number of piperazine rings is 1. The number of benzene rings is 1. The number of aryl methyl sites for hydroxylation is 1. The Morgan fingerprint density at radius 3 is 2.75 bits per heavy atom. The molecule has 1 aromatic heterocycles. The van der Waals surface area contributed by atoms with Crippen LogP contribution in [0.3, 0.4) is 0 Å². The van der Waals surface area contributed by atoms with Gasteiger partial charge in [-0.25, -0.2) is 8.51 Å². The molecule has 0 spiro atoms. The maximum Gasteiger partial charge on any atom is 0.238 e. The Hall–Kier alpha value is -2.84. The summed E-state index contributed by atoms with van der Waals surface area (Å²) in [5.74, 6) is 0.422. The van der Waals surface area contributed by atoms with Gasteiger partial charge in [-0.3, -0.25) is 10.2 Å². The highest BCUT2D eigenvalue weighted by molar-refractivity contribution is 7.85. The summed E-state index contributed by atoms with van der Waals surface area (Å²) < 4.78 is 15.4. The number of nitrogens with zero attached hydrogens (tertiary/aromatic N) is 4. The van der Waals surface area contributed by atoms with E-state index in [1.54, 1.807) is 28.4 Å². The van der Waals surface area contributed by atoms with Gasteiger partial charge in [0.25, 0.3) is 0 Å². The molecule has 1 saturated heterocycles. The minimum Gasteiger partial charge on any atom is -0.359 e. The minimum atomic E-state index is -1.55. The summed E-state index contributed by atoms with van der Waals surface area (Å²) in [6.45, 7) is 2.78. The van der Waals surface area contributed by atoms with Gasteiger partial charge in [-0.2, -0.15) is 5.26 Å². The highest BCUT2D eigenvalue weighted by Gasteiger charge is 2.35. The van der Waals surface area contributed by atoms with E-state index in [4.69, 9.17) is 22.3 Å². The molecule has 2 aromatic rings. The van der Waals surface area contributed by atoms with E-state index in [0.717, 1.165) is 22.3 Å². The first-order valence-electron chi connectivity index (χ1n) is 11.3. The molecule has 0 aliphatic carbocycles. The summed E-state index contributed by atoms with van der Waals surface area (Å²) in [5, 5.41) is 17.0. The Balaban J connectivity index is 1.67. The molecule has 190 valence electrons. The van der Waals surface area contributed by atoms with E-state index in [1.807, 2.05) is 37.3 Å². The lowest BCUT2D eigenvalue weighted by Crippen LogP contribution is -2.56. The third kappa shape index (κ3) is 6.68. The molecule has 1 N–H and O–H groups in total. The number of alkyl halides is 1. The van der Waals surface area contributed by atoms with Crippen molar-refractivity contribution >= 4 is 58.0 Å². The normalized spacial score (nSPS) is 17.2. The van der Waals surface area contributed by atoms with Crippen LogP contribution < -0.4 is 0 Å². The molecule has 2 unspecified atom stereocenters. The summed E-state index contributed by atoms with van der Waals surface area (Å²) in [6, 6.07) is 10.4. The standard InChI is InChI=1S/C25H28ClN5O3S2/c1-18-21(5-3-10-26)13-24(35-18)36(34)30-15-22(17-32)31(23(33)16-30)14-19-6-8-20(9-7-19)25(28)29(2)12-4-11-27/h3,5-9,13,17,22,28H,4,10,12,14-16H2,1-2H3/b5-3-,28-25?. The van der Waals surface area contributed by atoms with E-state index in [0.29, 0.717) is 34.5 Å². The quantitative estimate of drug-likeness (QED) is 0.213. The topological polar surface area (TPSA) is 109 Å². The summed E-state index contributed by atoms with van der Waals surface area (Å²) in [5.41, 5.74) is 2.46. The number of nitriles is 1. The summed E-state index contributed by atoms with van der Waals surface area (Å²) in [4.78, 5) is 29.1. The molecule has 1 aliphatic rings. The van der Waals surface area contributed by atoms with Crippen molar-refractivity contribution in [2.24, 2.45) is 0 Å². The van der Waals surface area contributed by atoms with Gasteiger partial charge in [-0.1, -0.05) is 36.4 Å². The summed E-state index contributed by atoms with van der Waals surface area (Å²) >= 11 is 7.12. The predicted molar refractivity (Wildman–Crippen MR) is 143 cm³/mol. The van der Waals surface area contributed by atoms with E-state index in [-0.39, 0.29) is 25.5 Å². The van der Waals surface area contributed by atoms with Crippen molar-refractivity contribution < 1.29 is 13.8 Å². The van der Waals surface area contributed by atoms with Crippen LogP contribution in [-0.4, -0.2) is 74.9 Å². The third-order valence-electron chi connectivity index (χ3n) is 5.83. The zero-order valence-electron chi connectivity index (χ0n) is 20.1. The zero-order valence-corrected chi connectivity index (χ0v) is 22.5. The lowest BCUT2D eigenvalue weighted by molar-refractivity contribution is -0.141. The van der Waals surface area contributed by atoms with Crippen molar-refractivity contribution in [2.75, 3.05) is 32.6 Å². The number of amidine groups is 1. The highest BCUT2D eigenvalue weighted by Crippen LogP contribution is 2.28. The van der Waals surface area contributed by atoms with E-state index >= 15 is 0 Å². The number of nitrogens with one attached hydrogen (secondary N) is 1. The Morgan fingerprint density at radius 1 is 1.39 bits per heavy atom. The van der Waals surface area contributed by atoms with Gasteiger partial charge < -0.3 is 14.6 Å². The van der Waals surface area contributed by atoms with Gasteiger partial charge in [0.1, 0.15) is 33.4 Å². The zero-order chi connectivity index (χ0) is 26.2. The maximum atomic E-state index is 13.2. The first kappa shape index (κ1) is 27.7. The number of carbonyl (C=O) groups excluding carboxylic acids is 2. The lowest BCUT2D eigenvalue weighted by Gasteiger charge is -2.37. The molecular formula is C25H28ClN5O3S2. The molecule has 1 aromatic carbocycles. The Bertz CT molecular complexity index is 1210. The van der Waals surface area contributed by atoms with Crippen LogP contribution in [-0.2, 0) is 27.1 Å². The smallest absolute Gasteiger partial charge is 0.238 e. The average molecular weight is 546 g/mol. The molecule has 0 saturated carbocycles. The summed E-state index contributed by atoms with van der Waals surface area (Å²) in [6.07, 6.45) is 4.76. The molecule has 2 atom stereocenters. The molecule has 0 bridgehead atoms. The van der Waals surface area contributed by atoms with Crippen molar-refractivity contribution in [3.8, 4) is 6.07 Å². The van der Waals surface area contributed by atoms with Crippen LogP contribution in [0.5, 0.6) is 0 Å². The van der Waals surface area contributed by atoms with Crippen LogP contribution in [0.25, 0.3) is 6.08 Å².